The van der Waals surface area contributed by atoms with Crippen molar-refractivity contribution in [1.82, 2.24) is 5.32 Å². The average Bonchev–Trinajstić information content (AvgIpc) is 2.98. The lowest BCUT2D eigenvalue weighted by atomic mass is 10.0. The van der Waals surface area contributed by atoms with Gasteiger partial charge in [-0.3, -0.25) is 4.79 Å². The summed E-state index contributed by atoms with van der Waals surface area (Å²) >= 11 is 0. The minimum Gasteiger partial charge on any atom is -0.467 e. The van der Waals surface area contributed by atoms with Gasteiger partial charge in [-0.05, 0) is 31.4 Å². The first-order chi connectivity index (χ1) is 9.08. The van der Waals surface area contributed by atoms with Crippen LogP contribution in [0.15, 0.2) is 22.8 Å². The van der Waals surface area contributed by atoms with Gasteiger partial charge in [0.15, 0.2) is 0 Å². The summed E-state index contributed by atoms with van der Waals surface area (Å²) in [4.78, 5) is 12.0. The Kier molecular flexibility index (Phi) is 4.61. The van der Waals surface area contributed by atoms with Crippen LogP contribution in [0.2, 0.25) is 0 Å². The minimum atomic E-state index is -0.702. The van der Waals surface area contributed by atoms with Gasteiger partial charge in [0.2, 0.25) is 5.91 Å². The third kappa shape index (κ3) is 3.58. The zero-order valence-corrected chi connectivity index (χ0v) is 11.3. The van der Waals surface area contributed by atoms with Crippen molar-refractivity contribution in [2.75, 3.05) is 6.61 Å². The van der Waals surface area contributed by atoms with Crippen LogP contribution in [0.5, 0.6) is 0 Å². The summed E-state index contributed by atoms with van der Waals surface area (Å²) in [6.07, 6.45) is 1.80. The van der Waals surface area contributed by atoms with Crippen LogP contribution in [0, 0.1) is 5.92 Å². The van der Waals surface area contributed by atoms with Crippen molar-refractivity contribution < 1.29 is 19.1 Å². The average molecular weight is 267 g/mol. The van der Waals surface area contributed by atoms with Crippen molar-refractivity contribution in [2.45, 2.75) is 44.9 Å². The normalized spacial score (nSPS) is 26.1. The Morgan fingerprint density at radius 1 is 1.63 bits per heavy atom. The molecule has 4 unspecified atom stereocenters. The molecule has 1 amide bonds. The second-order valence-corrected chi connectivity index (χ2v) is 5.23. The van der Waals surface area contributed by atoms with E-state index < -0.39 is 6.10 Å². The monoisotopic (exact) mass is 267 g/mol. The third-order valence-corrected chi connectivity index (χ3v) is 3.48. The molecule has 1 aliphatic rings. The molecule has 1 aromatic rings. The molecule has 0 spiro atoms. The molecule has 0 aliphatic carbocycles. The second-order valence-electron chi connectivity index (χ2n) is 5.23. The summed E-state index contributed by atoms with van der Waals surface area (Å²) in [5, 5.41) is 12.8. The maximum absolute atomic E-state index is 12.0. The highest BCUT2D eigenvalue weighted by atomic mass is 16.5. The number of carbonyl (C=O) groups is 1. The number of aliphatic hydroxyl groups excluding tert-OH is 1. The summed E-state index contributed by atoms with van der Waals surface area (Å²) in [6.45, 7) is 4.52. The predicted octanol–water partition coefficient (Wildman–Crippen LogP) is 1.63. The Bertz CT molecular complexity index is 404. The van der Waals surface area contributed by atoms with Crippen LogP contribution >= 0.6 is 0 Å². The molecule has 19 heavy (non-hydrogen) atoms. The van der Waals surface area contributed by atoms with Gasteiger partial charge < -0.3 is 19.6 Å². The Morgan fingerprint density at radius 3 is 3.00 bits per heavy atom. The molecule has 2 heterocycles. The minimum absolute atomic E-state index is 0.0934. The fourth-order valence-electron chi connectivity index (χ4n) is 2.35. The summed E-state index contributed by atoms with van der Waals surface area (Å²) < 4.78 is 10.5. The zero-order chi connectivity index (χ0) is 13.8. The van der Waals surface area contributed by atoms with Crippen LogP contribution in [0.25, 0.3) is 0 Å². The van der Waals surface area contributed by atoms with Gasteiger partial charge in [-0.2, -0.15) is 0 Å². The lowest BCUT2D eigenvalue weighted by molar-refractivity contribution is -0.132. The largest absolute Gasteiger partial charge is 0.467 e. The summed E-state index contributed by atoms with van der Waals surface area (Å²) in [6, 6.07) is 3.32. The van der Waals surface area contributed by atoms with E-state index in [0.29, 0.717) is 18.8 Å². The number of ether oxygens (including phenoxy) is 1. The molecule has 2 N–H and O–H groups in total. The molecular formula is C14H21NO4. The third-order valence-electron chi connectivity index (χ3n) is 3.48. The first-order valence-corrected chi connectivity index (χ1v) is 6.71. The summed E-state index contributed by atoms with van der Waals surface area (Å²) in [7, 11) is 0. The van der Waals surface area contributed by atoms with Gasteiger partial charge in [0.25, 0.3) is 0 Å². The van der Waals surface area contributed by atoms with E-state index in [0.717, 1.165) is 6.42 Å². The molecule has 1 saturated heterocycles. The molecule has 0 aromatic carbocycles. The van der Waals surface area contributed by atoms with Gasteiger partial charge >= 0.3 is 0 Å². The van der Waals surface area contributed by atoms with Crippen molar-refractivity contribution in [3.8, 4) is 0 Å². The van der Waals surface area contributed by atoms with Crippen molar-refractivity contribution in [3.05, 3.63) is 24.2 Å². The molecule has 5 nitrogen and oxygen atoms in total. The molecule has 1 fully saturated rings. The van der Waals surface area contributed by atoms with Crippen LogP contribution < -0.4 is 5.32 Å². The van der Waals surface area contributed by atoms with E-state index in [-0.39, 0.29) is 24.0 Å². The lowest BCUT2D eigenvalue weighted by Crippen LogP contribution is -2.42. The molecule has 0 radical (unpaired) electrons. The SMILES string of the molecule is CC(CC(O)c1ccco1)NC(=O)C1OCCC1C. The van der Waals surface area contributed by atoms with E-state index in [1.807, 2.05) is 13.8 Å². The molecular weight excluding hydrogens is 246 g/mol. The van der Waals surface area contributed by atoms with Gasteiger partial charge in [-0.15, -0.1) is 0 Å². The lowest BCUT2D eigenvalue weighted by Gasteiger charge is -2.20. The number of nitrogens with one attached hydrogen (secondary N) is 1. The standard InChI is InChI=1S/C14H21NO4/c1-9-5-7-19-13(9)14(17)15-10(2)8-11(16)12-4-3-6-18-12/h3-4,6,9-11,13,16H,5,7-8H2,1-2H3,(H,15,17). The van der Waals surface area contributed by atoms with Crippen LogP contribution in [0.4, 0.5) is 0 Å². The van der Waals surface area contributed by atoms with Crippen molar-refractivity contribution >= 4 is 5.91 Å². The molecule has 1 aliphatic heterocycles. The van der Waals surface area contributed by atoms with Crippen LogP contribution in [-0.4, -0.2) is 29.8 Å². The highest BCUT2D eigenvalue weighted by Crippen LogP contribution is 2.21. The molecule has 4 atom stereocenters. The van der Waals surface area contributed by atoms with E-state index in [1.165, 1.54) is 6.26 Å². The van der Waals surface area contributed by atoms with Crippen LogP contribution in [-0.2, 0) is 9.53 Å². The summed E-state index contributed by atoms with van der Waals surface area (Å²) in [5.41, 5.74) is 0. The Hall–Kier alpha value is -1.33. The highest BCUT2D eigenvalue weighted by Gasteiger charge is 2.31. The highest BCUT2D eigenvalue weighted by molar-refractivity contribution is 5.81. The maximum atomic E-state index is 12.0. The first kappa shape index (κ1) is 14.1. The smallest absolute Gasteiger partial charge is 0.249 e. The molecule has 106 valence electrons. The Labute approximate surface area is 112 Å². The number of carbonyl (C=O) groups excluding carboxylic acids is 1. The quantitative estimate of drug-likeness (QED) is 0.850. The predicted molar refractivity (Wildman–Crippen MR) is 69.4 cm³/mol. The van der Waals surface area contributed by atoms with E-state index in [2.05, 4.69) is 5.32 Å². The number of hydrogen-bond donors (Lipinski definition) is 2. The van der Waals surface area contributed by atoms with Gasteiger partial charge in [0.1, 0.15) is 18.0 Å². The molecule has 0 saturated carbocycles. The van der Waals surface area contributed by atoms with Gasteiger partial charge in [0.05, 0.1) is 6.26 Å². The van der Waals surface area contributed by atoms with Gasteiger partial charge in [-0.25, -0.2) is 0 Å². The molecule has 5 heteroatoms. The van der Waals surface area contributed by atoms with Gasteiger partial charge in [0, 0.05) is 19.1 Å². The van der Waals surface area contributed by atoms with E-state index in [4.69, 9.17) is 9.15 Å². The van der Waals surface area contributed by atoms with E-state index in [9.17, 15) is 9.90 Å². The number of aliphatic hydroxyl groups is 1. The van der Waals surface area contributed by atoms with Crippen LogP contribution in [0.1, 0.15) is 38.6 Å². The topological polar surface area (TPSA) is 71.7 Å². The fourth-order valence-corrected chi connectivity index (χ4v) is 2.35. The van der Waals surface area contributed by atoms with E-state index in [1.54, 1.807) is 12.1 Å². The summed E-state index contributed by atoms with van der Waals surface area (Å²) in [5.74, 6) is 0.679. The number of furan rings is 1. The van der Waals surface area contributed by atoms with E-state index >= 15 is 0 Å². The first-order valence-electron chi connectivity index (χ1n) is 6.71. The van der Waals surface area contributed by atoms with Crippen LogP contribution in [0.3, 0.4) is 0 Å². The maximum Gasteiger partial charge on any atom is 0.249 e. The number of amides is 1. The number of rotatable bonds is 5. The molecule has 1 aromatic heterocycles. The zero-order valence-electron chi connectivity index (χ0n) is 11.3. The van der Waals surface area contributed by atoms with Crippen molar-refractivity contribution in [2.24, 2.45) is 5.92 Å². The molecule has 2 rings (SSSR count). The fraction of sp³-hybridized carbons (Fsp3) is 0.643. The van der Waals surface area contributed by atoms with Crippen molar-refractivity contribution in [3.63, 3.8) is 0 Å². The number of hydrogen-bond acceptors (Lipinski definition) is 4. The van der Waals surface area contributed by atoms with Crippen molar-refractivity contribution in [1.29, 1.82) is 0 Å². The van der Waals surface area contributed by atoms with Gasteiger partial charge in [-0.1, -0.05) is 6.92 Å². The second kappa shape index (κ2) is 6.21. The Balaban J connectivity index is 1.80. The Morgan fingerprint density at radius 2 is 2.42 bits per heavy atom. The molecule has 0 bridgehead atoms.